The van der Waals surface area contributed by atoms with Crippen LogP contribution in [0.5, 0.6) is 0 Å². The highest BCUT2D eigenvalue weighted by Gasteiger charge is 2.09. The number of aromatic nitrogens is 2. The van der Waals surface area contributed by atoms with Crippen LogP contribution in [0, 0.1) is 0 Å². The van der Waals surface area contributed by atoms with Crippen LogP contribution < -0.4 is 5.73 Å². The van der Waals surface area contributed by atoms with Crippen molar-refractivity contribution < 1.29 is 0 Å². The zero-order chi connectivity index (χ0) is 12.3. The second kappa shape index (κ2) is 5.52. The number of halogens is 1. The molecule has 1 aromatic carbocycles. The molecule has 0 aliphatic carbocycles. The number of benzene rings is 1. The SMILES string of the molecule is CCCCCn1c(CN)nc2cc(Cl)ccc21. The lowest BCUT2D eigenvalue weighted by atomic mass is 10.2. The molecule has 0 aliphatic heterocycles. The molecule has 1 heterocycles. The number of hydrogen-bond donors (Lipinski definition) is 1. The molecule has 0 bridgehead atoms. The summed E-state index contributed by atoms with van der Waals surface area (Å²) in [5.41, 5.74) is 7.81. The zero-order valence-electron chi connectivity index (χ0n) is 10.1. The Morgan fingerprint density at radius 3 is 2.88 bits per heavy atom. The number of hydrogen-bond acceptors (Lipinski definition) is 2. The first-order valence-electron chi connectivity index (χ1n) is 6.11. The molecule has 17 heavy (non-hydrogen) atoms. The Morgan fingerprint density at radius 2 is 2.18 bits per heavy atom. The molecule has 2 aromatic rings. The summed E-state index contributed by atoms with van der Waals surface area (Å²) in [6, 6.07) is 5.82. The molecule has 0 aliphatic rings. The first kappa shape index (κ1) is 12.4. The molecule has 0 amide bonds. The van der Waals surface area contributed by atoms with Crippen molar-refractivity contribution in [1.29, 1.82) is 0 Å². The quantitative estimate of drug-likeness (QED) is 0.829. The van der Waals surface area contributed by atoms with E-state index in [4.69, 9.17) is 17.3 Å². The monoisotopic (exact) mass is 251 g/mol. The van der Waals surface area contributed by atoms with Gasteiger partial charge in [-0.1, -0.05) is 31.4 Å². The first-order chi connectivity index (χ1) is 8.26. The molecule has 1 aromatic heterocycles. The number of unbranched alkanes of at least 4 members (excludes halogenated alkanes) is 2. The van der Waals surface area contributed by atoms with Crippen LogP contribution in [-0.4, -0.2) is 9.55 Å². The Hall–Kier alpha value is -1.06. The number of fused-ring (bicyclic) bond motifs is 1. The van der Waals surface area contributed by atoms with Gasteiger partial charge >= 0.3 is 0 Å². The van der Waals surface area contributed by atoms with Crippen LogP contribution in [0.15, 0.2) is 18.2 Å². The number of nitrogens with zero attached hydrogens (tertiary/aromatic N) is 2. The van der Waals surface area contributed by atoms with E-state index < -0.39 is 0 Å². The molecule has 0 radical (unpaired) electrons. The molecular formula is C13H18ClN3. The van der Waals surface area contributed by atoms with E-state index in [9.17, 15) is 0 Å². The zero-order valence-corrected chi connectivity index (χ0v) is 10.9. The van der Waals surface area contributed by atoms with Gasteiger partial charge in [-0.05, 0) is 24.6 Å². The Balaban J connectivity index is 2.36. The van der Waals surface area contributed by atoms with E-state index >= 15 is 0 Å². The van der Waals surface area contributed by atoms with Crippen LogP contribution >= 0.6 is 11.6 Å². The lowest BCUT2D eigenvalue weighted by molar-refractivity contribution is 0.592. The minimum absolute atomic E-state index is 0.471. The van der Waals surface area contributed by atoms with Crippen molar-refractivity contribution in [3.05, 3.63) is 29.0 Å². The molecule has 3 nitrogen and oxygen atoms in total. The Labute approximate surface area is 107 Å². The van der Waals surface area contributed by atoms with E-state index in [2.05, 4.69) is 16.5 Å². The van der Waals surface area contributed by atoms with E-state index in [1.165, 1.54) is 12.8 Å². The van der Waals surface area contributed by atoms with Gasteiger partial charge in [0, 0.05) is 11.6 Å². The van der Waals surface area contributed by atoms with Gasteiger partial charge in [0.1, 0.15) is 5.82 Å². The summed E-state index contributed by atoms with van der Waals surface area (Å²) >= 11 is 5.97. The fourth-order valence-corrected chi connectivity index (χ4v) is 2.24. The normalized spacial score (nSPS) is 11.2. The number of nitrogens with two attached hydrogens (primary N) is 1. The molecular weight excluding hydrogens is 234 g/mol. The van der Waals surface area contributed by atoms with E-state index in [1.807, 2.05) is 18.2 Å². The highest BCUT2D eigenvalue weighted by atomic mass is 35.5. The Bertz CT molecular complexity index is 505. The second-order valence-corrected chi connectivity index (χ2v) is 4.66. The van der Waals surface area contributed by atoms with Crippen LogP contribution in [0.3, 0.4) is 0 Å². The van der Waals surface area contributed by atoms with E-state index in [0.717, 1.165) is 34.8 Å². The van der Waals surface area contributed by atoms with Gasteiger partial charge in [-0.15, -0.1) is 0 Å². The Kier molecular flexibility index (Phi) is 4.02. The van der Waals surface area contributed by atoms with Crippen molar-refractivity contribution >= 4 is 22.6 Å². The van der Waals surface area contributed by atoms with Crippen LogP contribution in [-0.2, 0) is 13.1 Å². The lowest BCUT2D eigenvalue weighted by Gasteiger charge is -2.07. The summed E-state index contributed by atoms with van der Waals surface area (Å²) in [5, 5.41) is 0.722. The molecule has 0 saturated carbocycles. The van der Waals surface area contributed by atoms with Gasteiger partial charge in [0.2, 0.25) is 0 Å². The summed E-state index contributed by atoms with van der Waals surface area (Å²) in [7, 11) is 0. The summed E-state index contributed by atoms with van der Waals surface area (Å²) in [6.07, 6.45) is 3.62. The van der Waals surface area contributed by atoms with Gasteiger partial charge in [-0.2, -0.15) is 0 Å². The smallest absolute Gasteiger partial charge is 0.123 e. The Morgan fingerprint density at radius 1 is 1.35 bits per heavy atom. The molecule has 2 rings (SSSR count). The molecule has 2 N–H and O–H groups in total. The fourth-order valence-electron chi connectivity index (χ4n) is 2.08. The number of rotatable bonds is 5. The molecule has 0 unspecified atom stereocenters. The van der Waals surface area contributed by atoms with Gasteiger partial charge in [0.25, 0.3) is 0 Å². The molecule has 4 heteroatoms. The number of aryl methyl sites for hydroxylation is 1. The first-order valence-corrected chi connectivity index (χ1v) is 6.48. The second-order valence-electron chi connectivity index (χ2n) is 4.22. The maximum Gasteiger partial charge on any atom is 0.123 e. The third-order valence-electron chi connectivity index (χ3n) is 2.96. The molecule has 0 saturated heterocycles. The van der Waals surface area contributed by atoms with Crippen LogP contribution in [0.25, 0.3) is 11.0 Å². The average Bonchev–Trinajstić information content (AvgIpc) is 2.67. The highest BCUT2D eigenvalue weighted by Crippen LogP contribution is 2.21. The van der Waals surface area contributed by atoms with Crippen molar-refractivity contribution in [3.63, 3.8) is 0 Å². The van der Waals surface area contributed by atoms with Gasteiger partial charge in [0.05, 0.1) is 17.6 Å². The lowest BCUT2D eigenvalue weighted by Crippen LogP contribution is -2.08. The third-order valence-corrected chi connectivity index (χ3v) is 3.19. The summed E-state index contributed by atoms with van der Waals surface area (Å²) in [4.78, 5) is 4.52. The summed E-state index contributed by atoms with van der Waals surface area (Å²) in [6.45, 7) is 3.66. The van der Waals surface area contributed by atoms with Crippen molar-refractivity contribution in [2.45, 2.75) is 39.3 Å². The summed E-state index contributed by atoms with van der Waals surface area (Å²) < 4.78 is 2.21. The van der Waals surface area contributed by atoms with Crippen molar-refractivity contribution in [1.82, 2.24) is 9.55 Å². The van der Waals surface area contributed by atoms with Crippen LogP contribution in [0.4, 0.5) is 0 Å². The van der Waals surface area contributed by atoms with Gasteiger partial charge in [-0.25, -0.2) is 4.98 Å². The fraction of sp³-hybridized carbons (Fsp3) is 0.462. The predicted octanol–water partition coefficient (Wildman–Crippen LogP) is 3.34. The predicted molar refractivity (Wildman–Crippen MR) is 72.2 cm³/mol. The van der Waals surface area contributed by atoms with Crippen molar-refractivity contribution in [2.24, 2.45) is 5.73 Å². The summed E-state index contributed by atoms with van der Waals surface area (Å²) in [5.74, 6) is 0.943. The average molecular weight is 252 g/mol. The largest absolute Gasteiger partial charge is 0.327 e. The molecule has 92 valence electrons. The van der Waals surface area contributed by atoms with E-state index in [0.29, 0.717) is 6.54 Å². The van der Waals surface area contributed by atoms with Gasteiger partial charge < -0.3 is 10.3 Å². The molecule has 0 atom stereocenters. The van der Waals surface area contributed by atoms with Gasteiger partial charge in [0.15, 0.2) is 0 Å². The maximum atomic E-state index is 5.97. The van der Waals surface area contributed by atoms with E-state index in [-0.39, 0.29) is 0 Å². The van der Waals surface area contributed by atoms with Crippen molar-refractivity contribution in [2.75, 3.05) is 0 Å². The van der Waals surface area contributed by atoms with Crippen LogP contribution in [0.2, 0.25) is 5.02 Å². The van der Waals surface area contributed by atoms with E-state index in [1.54, 1.807) is 0 Å². The molecule has 0 fully saturated rings. The topological polar surface area (TPSA) is 43.8 Å². The number of imidazole rings is 1. The molecule has 0 spiro atoms. The minimum Gasteiger partial charge on any atom is -0.327 e. The third kappa shape index (κ3) is 2.61. The van der Waals surface area contributed by atoms with Crippen molar-refractivity contribution in [3.8, 4) is 0 Å². The maximum absolute atomic E-state index is 5.97. The standard InChI is InChI=1S/C13H18ClN3/c1-2-3-4-7-17-12-6-5-10(14)8-11(12)16-13(17)9-15/h5-6,8H,2-4,7,9,15H2,1H3. The minimum atomic E-state index is 0.471. The van der Waals surface area contributed by atoms with Crippen LogP contribution in [0.1, 0.15) is 32.0 Å². The highest BCUT2D eigenvalue weighted by molar-refractivity contribution is 6.31. The van der Waals surface area contributed by atoms with Gasteiger partial charge in [-0.3, -0.25) is 0 Å².